The van der Waals surface area contributed by atoms with Crippen molar-refractivity contribution in [2.45, 2.75) is 13.8 Å². The van der Waals surface area contributed by atoms with Gasteiger partial charge in [-0.3, -0.25) is 15.0 Å². The van der Waals surface area contributed by atoms with E-state index in [4.69, 9.17) is 4.42 Å². The van der Waals surface area contributed by atoms with Crippen LogP contribution in [0.1, 0.15) is 16.9 Å². The van der Waals surface area contributed by atoms with Gasteiger partial charge >= 0.3 is 0 Å². The zero-order valence-electron chi connectivity index (χ0n) is 15.8. The van der Waals surface area contributed by atoms with Crippen LogP contribution in [0.25, 0.3) is 17.4 Å². The van der Waals surface area contributed by atoms with Crippen molar-refractivity contribution in [3.05, 3.63) is 82.0 Å². The van der Waals surface area contributed by atoms with E-state index in [1.165, 1.54) is 11.1 Å². The summed E-state index contributed by atoms with van der Waals surface area (Å²) in [5, 5.41) is 4.13. The molecule has 1 aliphatic heterocycles. The van der Waals surface area contributed by atoms with Crippen LogP contribution in [0, 0.1) is 18.8 Å². The number of aryl methyl sites for hydroxylation is 2. The number of rotatable bonds is 4. The third-order valence-corrected chi connectivity index (χ3v) is 4.79. The molecule has 7 heteroatoms. The summed E-state index contributed by atoms with van der Waals surface area (Å²) in [7, 11) is 0. The minimum atomic E-state index is -0.502. The van der Waals surface area contributed by atoms with Crippen molar-refractivity contribution < 1.29 is 14.0 Å². The second kappa shape index (κ2) is 7.20. The molecule has 7 nitrogen and oxygen atoms in total. The number of hydrogen-bond acceptors (Lipinski definition) is 5. The van der Waals surface area contributed by atoms with Crippen molar-refractivity contribution in [1.82, 2.24) is 5.43 Å². The standard InChI is InChI=1S/C22H17N3O4/c1-13-6-7-17(10-14(13)2)25-22(27)19(21(26)23-25)12-18-8-9-20(29-18)15-4-3-5-16(11-15)24-28/h3-12H,1-2H3,(H,23,26). The van der Waals surface area contributed by atoms with Crippen molar-refractivity contribution in [3.63, 3.8) is 0 Å². The SMILES string of the molecule is Cc1ccc(N2NC(=O)C(=Cc3ccc(-c4cccc(N=O)c4)o3)C2=O)cc1C. The highest BCUT2D eigenvalue weighted by atomic mass is 16.3. The van der Waals surface area contributed by atoms with Gasteiger partial charge in [0.1, 0.15) is 22.8 Å². The van der Waals surface area contributed by atoms with E-state index in [0.29, 0.717) is 22.8 Å². The van der Waals surface area contributed by atoms with Crippen molar-refractivity contribution in [3.8, 4) is 11.3 Å². The highest BCUT2D eigenvalue weighted by Gasteiger charge is 2.34. The van der Waals surface area contributed by atoms with E-state index in [0.717, 1.165) is 11.1 Å². The number of benzene rings is 2. The Bertz CT molecular complexity index is 1180. The second-order valence-corrected chi connectivity index (χ2v) is 6.75. The van der Waals surface area contributed by atoms with E-state index >= 15 is 0 Å². The molecule has 3 aromatic rings. The van der Waals surface area contributed by atoms with E-state index < -0.39 is 11.8 Å². The molecule has 144 valence electrons. The maximum Gasteiger partial charge on any atom is 0.282 e. The Hall–Kier alpha value is -4.00. The van der Waals surface area contributed by atoms with Crippen LogP contribution in [0.4, 0.5) is 11.4 Å². The molecule has 0 saturated carbocycles. The average Bonchev–Trinajstić information content (AvgIpc) is 3.30. The zero-order chi connectivity index (χ0) is 20.5. The highest BCUT2D eigenvalue weighted by Crippen LogP contribution is 2.28. The summed E-state index contributed by atoms with van der Waals surface area (Å²) in [4.78, 5) is 35.8. The van der Waals surface area contributed by atoms with Crippen LogP contribution in [0.3, 0.4) is 0 Å². The number of carbonyl (C=O) groups excluding carboxylic acids is 2. The number of nitrogens with zero attached hydrogens (tertiary/aromatic N) is 2. The number of nitrogens with one attached hydrogen (secondary N) is 1. The van der Waals surface area contributed by atoms with Gasteiger partial charge < -0.3 is 4.42 Å². The number of hydrogen-bond donors (Lipinski definition) is 1. The first kappa shape index (κ1) is 18.4. The van der Waals surface area contributed by atoms with Crippen molar-refractivity contribution in [1.29, 1.82) is 0 Å². The Labute approximate surface area is 166 Å². The third-order valence-electron chi connectivity index (χ3n) is 4.79. The number of amides is 2. The minimum absolute atomic E-state index is 0.0209. The highest BCUT2D eigenvalue weighted by molar-refractivity contribution is 6.31. The lowest BCUT2D eigenvalue weighted by molar-refractivity contribution is -0.117. The lowest BCUT2D eigenvalue weighted by atomic mass is 10.1. The maximum atomic E-state index is 12.8. The molecule has 0 radical (unpaired) electrons. The Morgan fingerprint density at radius 1 is 1.00 bits per heavy atom. The van der Waals surface area contributed by atoms with E-state index in [1.54, 1.807) is 42.5 Å². The molecule has 1 fully saturated rings. The van der Waals surface area contributed by atoms with Gasteiger partial charge in [0, 0.05) is 5.56 Å². The molecular formula is C22H17N3O4. The van der Waals surface area contributed by atoms with E-state index in [2.05, 4.69) is 10.6 Å². The zero-order valence-corrected chi connectivity index (χ0v) is 15.8. The molecule has 2 heterocycles. The topological polar surface area (TPSA) is 92.0 Å². The lowest BCUT2D eigenvalue weighted by Crippen LogP contribution is -2.35. The number of hydrazine groups is 1. The van der Waals surface area contributed by atoms with Gasteiger partial charge in [-0.15, -0.1) is 4.91 Å². The molecule has 2 aromatic carbocycles. The predicted octanol–water partition coefficient (Wildman–Crippen LogP) is 4.42. The predicted molar refractivity (Wildman–Crippen MR) is 109 cm³/mol. The first-order valence-corrected chi connectivity index (χ1v) is 8.94. The van der Waals surface area contributed by atoms with Crippen LogP contribution in [-0.4, -0.2) is 11.8 Å². The summed E-state index contributed by atoms with van der Waals surface area (Å²) in [5.41, 5.74) is 6.22. The average molecular weight is 387 g/mol. The Kier molecular flexibility index (Phi) is 4.56. The van der Waals surface area contributed by atoms with E-state index in [9.17, 15) is 14.5 Å². The molecular weight excluding hydrogens is 370 g/mol. The van der Waals surface area contributed by atoms with Crippen molar-refractivity contribution in [2.24, 2.45) is 5.18 Å². The van der Waals surface area contributed by atoms with Gasteiger partial charge in [0.05, 0.1) is 5.69 Å². The lowest BCUT2D eigenvalue weighted by Gasteiger charge is -2.15. The van der Waals surface area contributed by atoms with Gasteiger partial charge in [-0.2, -0.15) is 0 Å². The summed E-state index contributed by atoms with van der Waals surface area (Å²) in [6.07, 6.45) is 1.41. The fourth-order valence-corrected chi connectivity index (χ4v) is 3.05. The molecule has 4 rings (SSSR count). The molecule has 1 aliphatic rings. The monoisotopic (exact) mass is 387 g/mol. The largest absolute Gasteiger partial charge is 0.457 e. The molecule has 1 aromatic heterocycles. The molecule has 0 spiro atoms. The van der Waals surface area contributed by atoms with Crippen molar-refractivity contribution in [2.75, 3.05) is 5.01 Å². The van der Waals surface area contributed by atoms with Gasteiger partial charge in [0.2, 0.25) is 0 Å². The van der Waals surface area contributed by atoms with Crippen LogP contribution in [0.2, 0.25) is 0 Å². The second-order valence-electron chi connectivity index (χ2n) is 6.75. The molecule has 1 saturated heterocycles. The van der Waals surface area contributed by atoms with Crippen LogP contribution in [-0.2, 0) is 9.59 Å². The van der Waals surface area contributed by atoms with E-state index in [-0.39, 0.29) is 11.3 Å². The first-order valence-electron chi connectivity index (χ1n) is 8.94. The van der Waals surface area contributed by atoms with Gasteiger partial charge in [0.15, 0.2) is 0 Å². The molecule has 0 bridgehead atoms. The molecule has 0 atom stereocenters. The first-order chi connectivity index (χ1) is 14.0. The van der Waals surface area contributed by atoms with Crippen molar-refractivity contribution >= 4 is 29.3 Å². The Morgan fingerprint density at radius 2 is 1.83 bits per heavy atom. The van der Waals surface area contributed by atoms with Gasteiger partial charge in [-0.05, 0) is 72.6 Å². The number of nitroso groups, excluding NO2 is 1. The van der Waals surface area contributed by atoms with Crippen LogP contribution >= 0.6 is 0 Å². The number of anilines is 1. The number of carbonyl (C=O) groups is 2. The summed E-state index contributed by atoms with van der Waals surface area (Å²) in [6.45, 7) is 3.92. The summed E-state index contributed by atoms with van der Waals surface area (Å²) >= 11 is 0. The summed E-state index contributed by atoms with van der Waals surface area (Å²) in [5.74, 6) is -0.106. The van der Waals surface area contributed by atoms with Crippen LogP contribution < -0.4 is 10.4 Å². The normalized spacial score (nSPS) is 15.1. The van der Waals surface area contributed by atoms with E-state index in [1.807, 2.05) is 26.0 Å². The Balaban J connectivity index is 1.62. The fraction of sp³-hybridized carbons (Fsp3) is 0.0909. The maximum absolute atomic E-state index is 12.8. The smallest absolute Gasteiger partial charge is 0.282 e. The summed E-state index contributed by atoms with van der Waals surface area (Å²) < 4.78 is 5.73. The quantitative estimate of drug-likeness (QED) is 0.407. The molecule has 2 amide bonds. The van der Waals surface area contributed by atoms with Gasteiger partial charge in [-0.25, -0.2) is 5.01 Å². The van der Waals surface area contributed by atoms with Crippen LogP contribution in [0.5, 0.6) is 0 Å². The van der Waals surface area contributed by atoms with Gasteiger partial charge in [-0.1, -0.05) is 18.2 Å². The van der Waals surface area contributed by atoms with Gasteiger partial charge in [0.25, 0.3) is 11.8 Å². The molecule has 29 heavy (non-hydrogen) atoms. The summed E-state index contributed by atoms with van der Waals surface area (Å²) in [6, 6.07) is 15.5. The van der Waals surface area contributed by atoms with Crippen LogP contribution in [0.15, 0.2) is 69.8 Å². The minimum Gasteiger partial charge on any atom is -0.457 e. The third kappa shape index (κ3) is 3.45. The molecule has 0 unspecified atom stereocenters. The Morgan fingerprint density at radius 3 is 2.59 bits per heavy atom. The molecule has 0 aliphatic carbocycles. The number of furan rings is 1. The molecule has 1 N–H and O–H groups in total. The fourth-order valence-electron chi connectivity index (χ4n) is 3.05.